The fraction of sp³-hybridized carbons (Fsp3) is 0. The standard InChI is InChI=1S/C8H5NO2/c10-7-5-3-1-2-4-6(5)8(11)9-7/h1-4H,(H,9,10,11)/i7+2. The van der Waals surface area contributed by atoms with Gasteiger partial charge >= 0.3 is 0 Å². The summed E-state index contributed by atoms with van der Waals surface area (Å²) in [4.78, 5) is 21.9. The summed E-state index contributed by atoms with van der Waals surface area (Å²) in [5.41, 5.74) is 0.940. The molecular weight excluding hydrogens is 144 g/mol. The van der Waals surface area contributed by atoms with Crippen molar-refractivity contribution in [1.82, 2.24) is 5.32 Å². The average Bonchev–Trinajstić information content (AvgIpc) is 2.30. The van der Waals surface area contributed by atoms with Crippen molar-refractivity contribution < 1.29 is 9.59 Å². The molecule has 0 atom stereocenters. The van der Waals surface area contributed by atoms with E-state index in [0.29, 0.717) is 11.1 Å². The Hall–Kier alpha value is -1.64. The lowest BCUT2D eigenvalue weighted by atomic mass is 10.2. The Balaban J connectivity index is 2.69. The largest absolute Gasteiger partial charge is 0.288 e. The summed E-state index contributed by atoms with van der Waals surface area (Å²) in [6.45, 7) is 0. The Morgan fingerprint density at radius 3 is 2.73 bits per heavy atom. The normalized spacial score (nSPS) is 14.5. The highest BCUT2D eigenvalue weighted by molar-refractivity contribution is 6.21. The van der Waals surface area contributed by atoms with Gasteiger partial charge in [0.2, 0.25) is 0 Å². The van der Waals surface area contributed by atoms with Gasteiger partial charge in [-0.1, -0.05) is 12.1 Å². The van der Waals surface area contributed by atoms with Crippen LogP contribution in [0, 0.1) is 0 Å². The summed E-state index contributed by atoms with van der Waals surface area (Å²) in [6.07, 6.45) is 0. The lowest BCUT2D eigenvalue weighted by Gasteiger charge is -1.88. The van der Waals surface area contributed by atoms with Crippen LogP contribution in [0.15, 0.2) is 24.3 Å². The summed E-state index contributed by atoms with van der Waals surface area (Å²) in [5.74, 6) is -0.601. The number of rotatable bonds is 0. The van der Waals surface area contributed by atoms with Crippen molar-refractivity contribution in [2.75, 3.05) is 0 Å². The zero-order valence-corrected chi connectivity index (χ0v) is 5.63. The molecule has 0 aliphatic carbocycles. The second-order valence-electron chi connectivity index (χ2n) is 2.33. The number of carbonyl (C=O) groups is 2. The highest BCUT2D eigenvalue weighted by Gasteiger charge is 2.25. The van der Waals surface area contributed by atoms with Gasteiger partial charge in [0, 0.05) is 0 Å². The van der Waals surface area contributed by atoms with Crippen LogP contribution in [-0.2, 0) is 0 Å². The number of hydrogen-bond donors (Lipinski definition) is 1. The molecule has 1 aliphatic heterocycles. The molecule has 0 bridgehead atoms. The van der Waals surface area contributed by atoms with Crippen LogP contribution in [0.1, 0.15) is 20.7 Å². The first kappa shape index (κ1) is 6.09. The van der Waals surface area contributed by atoms with E-state index in [2.05, 4.69) is 5.32 Å². The zero-order valence-electron chi connectivity index (χ0n) is 5.63. The fourth-order valence-corrected chi connectivity index (χ4v) is 1.12. The van der Waals surface area contributed by atoms with Crippen molar-refractivity contribution in [2.24, 2.45) is 0 Å². The molecule has 0 fully saturated rings. The van der Waals surface area contributed by atoms with E-state index in [4.69, 9.17) is 0 Å². The molecule has 0 spiro atoms. The Bertz CT molecular complexity index is 311. The van der Waals surface area contributed by atoms with Crippen LogP contribution in [0.3, 0.4) is 0 Å². The van der Waals surface area contributed by atoms with Crippen molar-refractivity contribution in [3.05, 3.63) is 35.4 Å². The molecule has 1 heterocycles. The van der Waals surface area contributed by atoms with E-state index in [0.717, 1.165) is 0 Å². The van der Waals surface area contributed by atoms with Gasteiger partial charge in [-0.25, -0.2) is 0 Å². The number of imide groups is 1. The van der Waals surface area contributed by atoms with Crippen molar-refractivity contribution >= 4 is 11.8 Å². The SMILES string of the molecule is O=C1N[14C](=O)c2ccccc21. The average molecular weight is 149 g/mol. The van der Waals surface area contributed by atoms with Crippen LogP contribution in [0.5, 0.6) is 0 Å². The van der Waals surface area contributed by atoms with Gasteiger partial charge in [0.1, 0.15) is 0 Å². The van der Waals surface area contributed by atoms with E-state index in [9.17, 15) is 9.59 Å². The first-order valence-corrected chi connectivity index (χ1v) is 3.24. The molecule has 0 saturated carbocycles. The third-order valence-corrected chi connectivity index (χ3v) is 1.64. The Kier molecular flexibility index (Phi) is 1.06. The lowest BCUT2D eigenvalue weighted by molar-refractivity contribution is 0.0879. The molecular formula is C8H5NO2. The number of hydrogen-bond acceptors (Lipinski definition) is 2. The molecule has 1 N–H and O–H groups in total. The van der Waals surface area contributed by atoms with Gasteiger partial charge in [0.15, 0.2) is 0 Å². The number of nitrogens with one attached hydrogen (secondary N) is 1. The van der Waals surface area contributed by atoms with Gasteiger partial charge in [-0.05, 0) is 12.1 Å². The summed E-state index contributed by atoms with van der Waals surface area (Å²) in [7, 11) is 0. The highest BCUT2D eigenvalue weighted by atomic mass is 16.3. The minimum absolute atomic E-state index is 0.300. The number of fused-ring (bicyclic) bond motifs is 1. The van der Waals surface area contributed by atoms with E-state index in [1.54, 1.807) is 24.3 Å². The summed E-state index contributed by atoms with van der Waals surface area (Å²) >= 11 is 0. The molecule has 1 aromatic carbocycles. The van der Waals surface area contributed by atoms with E-state index in [1.165, 1.54) is 0 Å². The molecule has 0 unspecified atom stereocenters. The van der Waals surface area contributed by atoms with Crippen molar-refractivity contribution in [2.45, 2.75) is 0 Å². The van der Waals surface area contributed by atoms with Crippen molar-refractivity contribution in [1.29, 1.82) is 0 Å². The van der Waals surface area contributed by atoms with E-state index >= 15 is 0 Å². The highest BCUT2D eigenvalue weighted by Crippen LogP contribution is 2.13. The van der Waals surface area contributed by atoms with Gasteiger partial charge in [-0.2, -0.15) is 0 Å². The second kappa shape index (κ2) is 1.92. The third-order valence-electron chi connectivity index (χ3n) is 1.64. The fourth-order valence-electron chi connectivity index (χ4n) is 1.12. The van der Waals surface area contributed by atoms with E-state index in [-0.39, 0.29) is 11.8 Å². The molecule has 1 aliphatic rings. The van der Waals surface area contributed by atoms with Crippen molar-refractivity contribution in [3.63, 3.8) is 0 Å². The number of benzene rings is 1. The minimum Gasteiger partial charge on any atom is -0.288 e. The van der Waals surface area contributed by atoms with Crippen LogP contribution in [-0.4, -0.2) is 11.8 Å². The molecule has 2 amide bonds. The molecule has 54 valence electrons. The monoisotopic (exact) mass is 149 g/mol. The third kappa shape index (κ3) is 0.741. The minimum atomic E-state index is -0.300. The zero-order chi connectivity index (χ0) is 7.84. The topological polar surface area (TPSA) is 46.2 Å². The predicted octanol–water partition coefficient (Wildman–Crippen LogP) is 0.570. The number of carbonyl (C=O) groups excluding carboxylic acids is 2. The summed E-state index contributed by atoms with van der Waals surface area (Å²) < 4.78 is 0. The molecule has 0 radical (unpaired) electrons. The van der Waals surface area contributed by atoms with E-state index < -0.39 is 0 Å². The first-order valence-electron chi connectivity index (χ1n) is 3.24. The summed E-state index contributed by atoms with van der Waals surface area (Å²) in [6, 6.07) is 6.74. The lowest BCUT2D eigenvalue weighted by Crippen LogP contribution is -2.19. The van der Waals surface area contributed by atoms with Gasteiger partial charge < -0.3 is 0 Å². The maximum absolute atomic E-state index is 10.9. The molecule has 3 nitrogen and oxygen atoms in total. The smallest absolute Gasteiger partial charge is 0.258 e. The molecule has 1 aromatic rings. The van der Waals surface area contributed by atoms with Crippen LogP contribution >= 0.6 is 0 Å². The van der Waals surface area contributed by atoms with Crippen LogP contribution in [0.4, 0.5) is 0 Å². The van der Waals surface area contributed by atoms with Gasteiger partial charge in [0.25, 0.3) is 11.8 Å². The van der Waals surface area contributed by atoms with Crippen LogP contribution in [0.25, 0.3) is 0 Å². The van der Waals surface area contributed by atoms with Crippen LogP contribution < -0.4 is 5.32 Å². The Morgan fingerprint density at radius 1 is 1.27 bits per heavy atom. The Morgan fingerprint density at radius 2 is 2.00 bits per heavy atom. The second-order valence-corrected chi connectivity index (χ2v) is 2.33. The molecule has 3 heteroatoms. The number of amides is 2. The van der Waals surface area contributed by atoms with E-state index in [1.807, 2.05) is 0 Å². The van der Waals surface area contributed by atoms with Gasteiger partial charge in [0.05, 0.1) is 11.1 Å². The first-order chi connectivity index (χ1) is 5.29. The maximum atomic E-state index is 10.9. The predicted molar refractivity (Wildman–Crippen MR) is 38.2 cm³/mol. The summed E-state index contributed by atoms with van der Waals surface area (Å²) in [5, 5.41) is 2.20. The quantitative estimate of drug-likeness (QED) is 0.548. The van der Waals surface area contributed by atoms with Crippen molar-refractivity contribution in [3.8, 4) is 0 Å². The van der Waals surface area contributed by atoms with Crippen LogP contribution in [0.2, 0.25) is 0 Å². The molecule has 2 rings (SSSR count). The molecule has 0 aromatic heterocycles. The molecule has 0 saturated heterocycles. The maximum Gasteiger partial charge on any atom is 0.258 e. The Labute approximate surface area is 63.0 Å². The van der Waals surface area contributed by atoms with Gasteiger partial charge in [-0.3, -0.25) is 14.9 Å². The van der Waals surface area contributed by atoms with Gasteiger partial charge in [-0.15, -0.1) is 0 Å². The molecule has 11 heavy (non-hydrogen) atoms.